The highest BCUT2D eigenvalue weighted by Gasteiger charge is 2.46. The zero-order chi connectivity index (χ0) is 39.0. The van der Waals surface area contributed by atoms with Crippen LogP contribution in [0.1, 0.15) is 43.0 Å². The largest absolute Gasteiger partial charge is 0.423 e. The summed E-state index contributed by atoms with van der Waals surface area (Å²) in [4.78, 5) is 68.1. The second-order valence-corrected chi connectivity index (χ2v) is 12.2. The number of carbonyl (C=O) groups is 2. The van der Waals surface area contributed by atoms with Crippen LogP contribution in [0.3, 0.4) is 0 Å². The van der Waals surface area contributed by atoms with Gasteiger partial charge in [0.1, 0.15) is 11.5 Å². The molecule has 0 fully saturated rings. The number of ether oxygens (including phenoxy) is 2. The number of fused-ring (bicyclic) bond motifs is 3. The van der Waals surface area contributed by atoms with Gasteiger partial charge >= 0.3 is 11.9 Å². The van der Waals surface area contributed by atoms with Crippen molar-refractivity contribution in [3.8, 4) is 22.6 Å². The summed E-state index contributed by atoms with van der Waals surface area (Å²) in [7, 11) is 0. The lowest BCUT2D eigenvalue weighted by molar-refractivity contribution is -0.394. The molecule has 16 nitrogen and oxygen atoms in total. The van der Waals surface area contributed by atoms with Gasteiger partial charge in [0.05, 0.1) is 48.4 Å². The van der Waals surface area contributed by atoms with E-state index in [1.807, 2.05) is 48.5 Å². The van der Waals surface area contributed by atoms with Crippen LogP contribution in [-0.4, -0.2) is 31.6 Å². The van der Waals surface area contributed by atoms with E-state index in [0.717, 1.165) is 69.8 Å². The highest BCUT2D eigenvalue weighted by molar-refractivity contribution is 5.93. The molecule has 1 aliphatic rings. The summed E-state index contributed by atoms with van der Waals surface area (Å²) in [6.07, 6.45) is 0. The highest BCUT2D eigenvalue weighted by atomic mass is 16.6. The first-order valence-corrected chi connectivity index (χ1v) is 16.1. The zero-order valence-electron chi connectivity index (χ0n) is 27.9. The van der Waals surface area contributed by atoms with Crippen molar-refractivity contribution in [1.29, 1.82) is 0 Å². The van der Waals surface area contributed by atoms with E-state index in [-0.39, 0.29) is 22.6 Å². The quantitative estimate of drug-likeness (QED) is 0.0561. The molecule has 16 heteroatoms. The van der Waals surface area contributed by atoms with E-state index >= 15 is 0 Å². The van der Waals surface area contributed by atoms with Crippen molar-refractivity contribution in [1.82, 2.24) is 0 Å². The molecule has 6 aromatic carbocycles. The number of benzene rings is 6. The van der Waals surface area contributed by atoms with Gasteiger partial charge in [-0.1, -0.05) is 72.8 Å². The van der Waals surface area contributed by atoms with Gasteiger partial charge in [0.2, 0.25) is 0 Å². The molecular weight excluding hydrogens is 716 g/mol. The first kappa shape index (κ1) is 35.3. The molecule has 0 bridgehead atoms. The smallest absolute Gasteiger partial charge is 0.344 e. The van der Waals surface area contributed by atoms with Crippen LogP contribution in [-0.2, 0) is 5.41 Å². The molecule has 0 amide bonds. The normalized spacial score (nSPS) is 12.1. The third-order valence-corrected chi connectivity index (χ3v) is 9.07. The highest BCUT2D eigenvalue weighted by Crippen LogP contribution is 2.56. The Morgan fingerprint density at radius 3 is 1.05 bits per heavy atom. The van der Waals surface area contributed by atoms with E-state index in [4.69, 9.17) is 9.47 Å². The summed E-state index contributed by atoms with van der Waals surface area (Å²) in [5.74, 6) is -1.98. The fourth-order valence-electron chi connectivity index (χ4n) is 6.75. The Balaban J connectivity index is 1.26. The zero-order valence-corrected chi connectivity index (χ0v) is 27.9. The van der Waals surface area contributed by atoms with Gasteiger partial charge in [0.25, 0.3) is 22.7 Å². The summed E-state index contributed by atoms with van der Waals surface area (Å²) < 4.78 is 11.0. The topological polar surface area (TPSA) is 225 Å². The molecule has 55 heavy (non-hydrogen) atoms. The van der Waals surface area contributed by atoms with Crippen LogP contribution in [0.25, 0.3) is 11.1 Å². The number of rotatable bonds is 10. The van der Waals surface area contributed by atoms with E-state index in [1.54, 1.807) is 24.3 Å². The number of hydrogen-bond donors (Lipinski definition) is 0. The molecule has 0 aliphatic heterocycles. The molecule has 0 N–H and O–H groups in total. The van der Waals surface area contributed by atoms with Crippen LogP contribution in [0.15, 0.2) is 133 Å². The summed E-state index contributed by atoms with van der Waals surface area (Å²) in [5.41, 5.74) is 0.819. The standard InChI is InChI=1S/C39H22N4O12/c44-37(23-17-27(40(46)47)21-28(18-23)41(48)49)54-31-13-9-25(10-14-31)39(35-7-3-1-5-33(35)34-6-2-4-8-36(34)39)26-11-15-32(16-12-26)55-38(45)24-19-29(42(50)51)22-30(20-24)43(52)53/h1-22H. The van der Waals surface area contributed by atoms with Gasteiger partial charge in [0.15, 0.2) is 0 Å². The van der Waals surface area contributed by atoms with Crippen molar-refractivity contribution in [2.75, 3.05) is 0 Å². The van der Waals surface area contributed by atoms with Crippen LogP contribution in [0.4, 0.5) is 22.7 Å². The minimum Gasteiger partial charge on any atom is -0.423 e. The Morgan fingerprint density at radius 2 is 0.745 bits per heavy atom. The van der Waals surface area contributed by atoms with E-state index in [1.165, 1.54) is 24.3 Å². The van der Waals surface area contributed by atoms with Crippen LogP contribution in [0, 0.1) is 40.5 Å². The van der Waals surface area contributed by atoms with E-state index in [9.17, 15) is 50.0 Å². The van der Waals surface area contributed by atoms with Crippen molar-refractivity contribution < 1.29 is 38.8 Å². The number of carbonyl (C=O) groups excluding carboxylic acids is 2. The van der Waals surface area contributed by atoms with Crippen molar-refractivity contribution in [2.45, 2.75) is 5.41 Å². The molecule has 1 aliphatic carbocycles. The van der Waals surface area contributed by atoms with Crippen molar-refractivity contribution in [2.24, 2.45) is 0 Å². The van der Waals surface area contributed by atoms with Crippen LogP contribution in [0.5, 0.6) is 11.5 Å². The molecular formula is C39H22N4O12. The first-order valence-electron chi connectivity index (χ1n) is 16.1. The van der Waals surface area contributed by atoms with Crippen LogP contribution < -0.4 is 9.47 Å². The lowest BCUT2D eigenvalue weighted by Gasteiger charge is -2.34. The minimum absolute atomic E-state index is 0.0567. The monoisotopic (exact) mass is 738 g/mol. The molecule has 0 spiro atoms. The number of hydrogen-bond acceptors (Lipinski definition) is 12. The van der Waals surface area contributed by atoms with Gasteiger partial charge in [-0.05, 0) is 57.6 Å². The molecule has 270 valence electrons. The maximum atomic E-state index is 13.0. The Kier molecular flexibility index (Phi) is 8.83. The van der Waals surface area contributed by atoms with Crippen LogP contribution in [0.2, 0.25) is 0 Å². The predicted molar refractivity (Wildman–Crippen MR) is 193 cm³/mol. The van der Waals surface area contributed by atoms with Crippen molar-refractivity contribution >= 4 is 34.7 Å². The maximum Gasteiger partial charge on any atom is 0.344 e. The fraction of sp³-hybridized carbons (Fsp3) is 0.0256. The van der Waals surface area contributed by atoms with Gasteiger partial charge in [-0.15, -0.1) is 0 Å². The molecule has 0 unspecified atom stereocenters. The first-order chi connectivity index (χ1) is 26.4. The SMILES string of the molecule is O=C(Oc1ccc(C2(c3ccc(OC(=O)c4cc([N+](=O)[O-])cc([N+](=O)[O-])c4)cc3)c3ccccc3-c3ccccc32)cc1)c1cc([N+](=O)[O-])cc([N+](=O)[O-])c1. The van der Waals surface area contributed by atoms with Gasteiger partial charge in [-0.3, -0.25) is 40.5 Å². The average Bonchev–Trinajstić information content (AvgIpc) is 3.49. The second kappa shape index (κ2) is 13.8. The number of non-ortho nitro benzene ring substituents is 4. The average molecular weight is 739 g/mol. The van der Waals surface area contributed by atoms with Crippen molar-refractivity contribution in [3.05, 3.63) is 207 Å². The Hall–Kier alpha value is -8.14. The third kappa shape index (κ3) is 6.35. The van der Waals surface area contributed by atoms with E-state index in [2.05, 4.69) is 0 Å². The van der Waals surface area contributed by atoms with Crippen LogP contribution >= 0.6 is 0 Å². The summed E-state index contributed by atoms with van der Waals surface area (Å²) in [6, 6.07) is 33.6. The van der Waals surface area contributed by atoms with Crippen molar-refractivity contribution in [3.63, 3.8) is 0 Å². The number of nitro benzene ring substituents is 4. The maximum absolute atomic E-state index is 13.0. The lowest BCUT2D eigenvalue weighted by Crippen LogP contribution is -2.28. The molecule has 0 atom stereocenters. The Morgan fingerprint density at radius 1 is 0.436 bits per heavy atom. The lowest BCUT2D eigenvalue weighted by atomic mass is 9.68. The molecule has 0 aromatic heterocycles. The molecule has 0 radical (unpaired) electrons. The number of esters is 2. The number of nitro groups is 4. The van der Waals surface area contributed by atoms with Gasteiger partial charge in [-0.2, -0.15) is 0 Å². The van der Waals surface area contributed by atoms with E-state index < -0.39 is 59.8 Å². The fourth-order valence-corrected chi connectivity index (χ4v) is 6.75. The Labute approximate surface area is 308 Å². The van der Waals surface area contributed by atoms with Gasteiger partial charge < -0.3 is 9.47 Å². The second-order valence-electron chi connectivity index (χ2n) is 12.2. The number of nitrogens with zero attached hydrogens (tertiary/aromatic N) is 4. The van der Waals surface area contributed by atoms with Gasteiger partial charge in [0, 0.05) is 24.3 Å². The summed E-state index contributed by atoms with van der Waals surface area (Å²) in [6.45, 7) is 0. The molecule has 7 rings (SSSR count). The minimum atomic E-state index is -1.05. The molecule has 0 saturated heterocycles. The molecule has 0 saturated carbocycles. The van der Waals surface area contributed by atoms with Gasteiger partial charge in [-0.25, -0.2) is 9.59 Å². The third-order valence-electron chi connectivity index (χ3n) is 9.07. The molecule has 0 heterocycles. The Bertz CT molecular complexity index is 2360. The summed E-state index contributed by atoms with van der Waals surface area (Å²) in [5, 5.41) is 45.4. The summed E-state index contributed by atoms with van der Waals surface area (Å²) >= 11 is 0. The van der Waals surface area contributed by atoms with E-state index in [0.29, 0.717) is 0 Å². The molecule has 6 aromatic rings. The predicted octanol–water partition coefficient (Wildman–Crippen LogP) is 8.12.